The van der Waals surface area contributed by atoms with Gasteiger partial charge in [0.25, 0.3) is 0 Å². The Kier molecular flexibility index (Phi) is 5.40. The summed E-state index contributed by atoms with van der Waals surface area (Å²) in [4.78, 5) is 1.38. The van der Waals surface area contributed by atoms with E-state index in [0.29, 0.717) is 0 Å². The molecule has 100 valence electrons. The summed E-state index contributed by atoms with van der Waals surface area (Å²) < 4.78 is 0. The van der Waals surface area contributed by atoms with Crippen molar-refractivity contribution in [1.82, 2.24) is 5.32 Å². The van der Waals surface area contributed by atoms with E-state index in [2.05, 4.69) is 31.3 Å². The van der Waals surface area contributed by atoms with Gasteiger partial charge in [-0.25, -0.2) is 0 Å². The molecule has 1 N–H and O–H groups in total. The number of hydrogen-bond donors (Lipinski definition) is 1. The molecule has 1 unspecified atom stereocenters. The molecule has 1 aromatic carbocycles. The molecule has 0 heterocycles. The van der Waals surface area contributed by atoms with Crippen LogP contribution in [0.5, 0.6) is 0 Å². The van der Waals surface area contributed by atoms with Gasteiger partial charge in [-0.1, -0.05) is 31.9 Å². The van der Waals surface area contributed by atoms with Gasteiger partial charge in [0.15, 0.2) is 0 Å². The van der Waals surface area contributed by atoms with E-state index >= 15 is 0 Å². The highest BCUT2D eigenvalue weighted by Gasteiger charge is 2.20. The molecule has 18 heavy (non-hydrogen) atoms. The second-order valence-corrected chi connectivity index (χ2v) is 6.73. The highest BCUT2D eigenvalue weighted by Crippen LogP contribution is 2.29. The van der Waals surface area contributed by atoms with Gasteiger partial charge >= 0.3 is 0 Å². The molecule has 0 aliphatic heterocycles. The standard InChI is InChI=1S/C15H22ClNS/c1-3-11(2)10-18-15-7-4-13(16)8-12(15)9-17-14-5-6-14/h4,7-8,11,14,17H,3,5-6,9-10H2,1-2H3. The van der Waals surface area contributed by atoms with Crippen molar-refractivity contribution in [2.24, 2.45) is 5.92 Å². The first-order valence-electron chi connectivity index (χ1n) is 6.83. The maximum Gasteiger partial charge on any atom is 0.0410 e. The number of benzene rings is 1. The molecule has 0 aromatic heterocycles. The van der Waals surface area contributed by atoms with Gasteiger partial charge < -0.3 is 5.32 Å². The van der Waals surface area contributed by atoms with Crippen molar-refractivity contribution in [1.29, 1.82) is 0 Å². The second kappa shape index (κ2) is 6.83. The Bertz CT molecular complexity index is 390. The summed E-state index contributed by atoms with van der Waals surface area (Å²) in [6, 6.07) is 7.02. The molecule has 1 saturated carbocycles. The molecule has 1 nitrogen and oxygen atoms in total. The van der Waals surface area contributed by atoms with Crippen LogP contribution in [0.2, 0.25) is 5.02 Å². The molecule has 1 atom stereocenters. The Morgan fingerprint density at radius 1 is 1.44 bits per heavy atom. The predicted octanol–water partition coefficient (Wildman–Crippen LogP) is 4.73. The lowest BCUT2D eigenvalue weighted by molar-refractivity contribution is 0.636. The van der Waals surface area contributed by atoms with Crippen molar-refractivity contribution < 1.29 is 0 Å². The number of rotatable bonds is 7. The average molecular weight is 284 g/mol. The lowest BCUT2D eigenvalue weighted by atomic mass is 10.2. The summed E-state index contributed by atoms with van der Waals surface area (Å²) in [7, 11) is 0. The summed E-state index contributed by atoms with van der Waals surface area (Å²) >= 11 is 8.06. The quantitative estimate of drug-likeness (QED) is 0.726. The highest BCUT2D eigenvalue weighted by atomic mass is 35.5. The molecule has 2 rings (SSSR count). The van der Waals surface area contributed by atoms with E-state index in [1.807, 2.05) is 17.8 Å². The fourth-order valence-corrected chi connectivity index (χ4v) is 3.09. The largest absolute Gasteiger partial charge is 0.310 e. The first-order valence-corrected chi connectivity index (χ1v) is 8.20. The minimum Gasteiger partial charge on any atom is -0.310 e. The summed E-state index contributed by atoms with van der Waals surface area (Å²) in [6.07, 6.45) is 3.90. The van der Waals surface area contributed by atoms with Crippen LogP contribution in [-0.2, 0) is 6.54 Å². The smallest absolute Gasteiger partial charge is 0.0410 e. The van der Waals surface area contributed by atoms with Crippen molar-refractivity contribution in [3.05, 3.63) is 28.8 Å². The molecule has 1 fully saturated rings. The molecule has 0 radical (unpaired) electrons. The topological polar surface area (TPSA) is 12.0 Å². The van der Waals surface area contributed by atoms with E-state index in [1.165, 1.54) is 35.5 Å². The molecule has 0 spiro atoms. The molecular weight excluding hydrogens is 262 g/mol. The van der Waals surface area contributed by atoms with Gasteiger partial charge in [-0.05, 0) is 42.5 Å². The van der Waals surface area contributed by atoms with Gasteiger partial charge in [0.1, 0.15) is 0 Å². The van der Waals surface area contributed by atoms with Gasteiger partial charge in [0, 0.05) is 28.3 Å². The van der Waals surface area contributed by atoms with E-state index in [0.717, 1.165) is 23.5 Å². The third-order valence-electron chi connectivity index (χ3n) is 3.40. The highest BCUT2D eigenvalue weighted by molar-refractivity contribution is 7.99. The van der Waals surface area contributed by atoms with Crippen LogP contribution in [0.15, 0.2) is 23.1 Å². The Hall–Kier alpha value is -0.180. The maximum atomic E-state index is 6.10. The fourth-order valence-electron chi connectivity index (χ4n) is 1.72. The van der Waals surface area contributed by atoms with Crippen LogP contribution in [0.3, 0.4) is 0 Å². The van der Waals surface area contributed by atoms with E-state index in [1.54, 1.807) is 0 Å². The summed E-state index contributed by atoms with van der Waals surface area (Å²) in [5, 5.41) is 4.41. The van der Waals surface area contributed by atoms with E-state index < -0.39 is 0 Å². The number of thioether (sulfide) groups is 1. The molecule has 1 aliphatic rings. The zero-order valence-electron chi connectivity index (χ0n) is 11.2. The van der Waals surface area contributed by atoms with E-state index in [-0.39, 0.29) is 0 Å². The first kappa shape index (κ1) is 14.2. The molecular formula is C15H22ClNS. The molecule has 1 aromatic rings. The number of halogens is 1. The average Bonchev–Trinajstić information content (AvgIpc) is 3.18. The Morgan fingerprint density at radius 2 is 2.22 bits per heavy atom. The van der Waals surface area contributed by atoms with Crippen molar-refractivity contribution in [3.8, 4) is 0 Å². The van der Waals surface area contributed by atoms with Crippen LogP contribution in [0.25, 0.3) is 0 Å². The monoisotopic (exact) mass is 283 g/mol. The zero-order chi connectivity index (χ0) is 13.0. The maximum absolute atomic E-state index is 6.10. The molecule has 0 bridgehead atoms. The predicted molar refractivity (Wildman–Crippen MR) is 81.5 cm³/mol. The fraction of sp³-hybridized carbons (Fsp3) is 0.600. The van der Waals surface area contributed by atoms with Gasteiger partial charge in [-0.3, -0.25) is 0 Å². The van der Waals surface area contributed by atoms with Gasteiger partial charge in [-0.15, -0.1) is 11.8 Å². The lowest BCUT2D eigenvalue weighted by Gasteiger charge is -2.13. The van der Waals surface area contributed by atoms with Crippen LogP contribution in [0.4, 0.5) is 0 Å². The zero-order valence-corrected chi connectivity index (χ0v) is 12.8. The lowest BCUT2D eigenvalue weighted by Crippen LogP contribution is -2.15. The minimum atomic E-state index is 0.747. The summed E-state index contributed by atoms with van der Waals surface area (Å²) in [5.41, 5.74) is 1.35. The van der Waals surface area contributed by atoms with Gasteiger partial charge in [0.2, 0.25) is 0 Å². The van der Waals surface area contributed by atoms with Crippen LogP contribution in [0.1, 0.15) is 38.7 Å². The summed E-state index contributed by atoms with van der Waals surface area (Å²) in [5.74, 6) is 1.96. The first-order chi connectivity index (χ1) is 8.69. The molecule has 0 amide bonds. The van der Waals surface area contributed by atoms with Crippen LogP contribution in [-0.4, -0.2) is 11.8 Å². The van der Waals surface area contributed by atoms with Crippen LogP contribution in [0, 0.1) is 5.92 Å². The van der Waals surface area contributed by atoms with E-state index in [9.17, 15) is 0 Å². The number of nitrogens with one attached hydrogen (secondary N) is 1. The summed E-state index contributed by atoms with van der Waals surface area (Å²) in [6.45, 7) is 5.52. The Balaban J connectivity index is 1.97. The van der Waals surface area contributed by atoms with Crippen LogP contribution < -0.4 is 5.32 Å². The molecule has 3 heteroatoms. The number of hydrogen-bond acceptors (Lipinski definition) is 2. The van der Waals surface area contributed by atoms with Crippen molar-refractivity contribution in [3.63, 3.8) is 0 Å². The Labute approximate surface area is 120 Å². The van der Waals surface area contributed by atoms with Crippen molar-refractivity contribution in [2.45, 2.75) is 50.6 Å². The second-order valence-electron chi connectivity index (χ2n) is 5.23. The van der Waals surface area contributed by atoms with Crippen molar-refractivity contribution >= 4 is 23.4 Å². The molecule has 0 saturated heterocycles. The normalized spacial score (nSPS) is 16.8. The third kappa shape index (κ3) is 4.49. The third-order valence-corrected chi connectivity index (χ3v) is 5.08. The van der Waals surface area contributed by atoms with E-state index in [4.69, 9.17) is 11.6 Å². The van der Waals surface area contributed by atoms with Gasteiger partial charge in [0.05, 0.1) is 0 Å². The SMILES string of the molecule is CCC(C)CSc1ccc(Cl)cc1CNC1CC1. The molecule has 1 aliphatic carbocycles. The van der Waals surface area contributed by atoms with Crippen molar-refractivity contribution in [2.75, 3.05) is 5.75 Å². The van der Waals surface area contributed by atoms with Gasteiger partial charge in [-0.2, -0.15) is 0 Å². The Morgan fingerprint density at radius 3 is 2.89 bits per heavy atom. The van der Waals surface area contributed by atoms with Crippen LogP contribution >= 0.6 is 23.4 Å². The minimum absolute atomic E-state index is 0.747.